The van der Waals surface area contributed by atoms with Crippen LogP contribution in [-0.2, 0) is 9.53 Å². The third-order valence-electron chi connectivity index (χ3n) is 6.35. The zero-order chi connectivity index (χ0) is 23.9. The van der Waals surface area contributed by atoms with Gasteiger partial charge in [-0.25, -0.2) is 0 Å². The first-order valence-electron chi connectivity index (χ1n) is 11.9. The highest BCUT2D eigenvalue weighted by Crippen LogP contribution is 2.20. The van der Waals surface area contributed by atoms with Crippen LogP contribution < -0.4 is 10.6 Å². The Morgan fingerprint density at radius 2 is 1.50 bits per heavy atom. The molecule has 180 valence electrons. The van der Waals surface area contributed by atoms with E-state index in [9.17, 15) is 14.4 Å². The molecule has 0 saturated carbocycles. The summed E-state index contributed by atoms with van der Waals surface area (Å²) < 4.78 is 5.29. The van der Waals surface area contributed by atoms with Gasteiger partial charge in [0.2, 0.25) is 5.91 Å². The van der Waals surface area contributed by atoms with Gasteiger partial charge in [-0.15, -0.1) is 0 Å². The molecule has 0 atom stereocenters. The zero-order valence-electron chi connectivity index (χ0n) is 19.6. The highest BCUT2D eigenvalue weighted by atomic mass is 16.5. The van der Waals surface area contributed by atoms with E-state index in [-0.39, 0.29) is 24.3 Å². The van der Waals surface area contributed by atoms with Crippen molar-refractivity contribution in [2.24, 2.45) is 5.92 Å². The van der Waals surface area contributed by atoms with Crippen LogP contribution in [0.4, 0.5) is 11.4 Å². The smallest absolute Gasteiger partial charge is 0.254 e. The molecule has 3 amide bonds. The molecule has 4 rings (SSSR count). The van der Waals surface area contributed by atoms with Crippen molar-refractivity contribution in [3.63, 3.8) is 0 Å². The van der Waals surface area contributed by atoms with E-state index in [2.05, 4.69) is 17.6 Å². The number of amides is 3. The Hall–Kier alpha value is -3.39. The molecule has 0 aromatic heterocycles. The Balaban J connectivity index is 1.27. The van der Waals surface area contributed by atoms with Crippen molar-refractivity contribution < 1.29 is 19.1 Å². The number of carbonyl (C=O) groups is 3. The number of nitrogens with one attached hydrogen (secondary N) is 2. The molecule has 2 N–H and O–H groups in total. The standard InChI is InChI=1S/C26H32N4O4/c1-19-9-11-29(12-10-19)26(33)21-3-2-4-23(17-21)28-24(31)18-27-22-7-5-20(6-8-22)25(32)30-13-15-34-16-14-30/h2-8,17,19,27H,9-16,18H2,1H3,(H,28,31). The normalized spacial score (nSPS) is 16.7. The second-order valence-corrected chi connectivity index (χ2v) is 8.94. The predicted octanol–water partition coefficient (Wildman–Crippen LogP) is 3.08. The fourth-order valence-electron chi connectivity index (χ4n) is 4.19. The Kier molecular flexibility index (Phi) is 7.80. The molecule has 0 spiro atoms. The summed E-state index contributed by atoms with van der Waals surface area (Å²) in [6.45, 7) is 6.16. The summed E-state index contributed by atoms with van der Waals surface area (Å²) in [4.78, 5) is 41.4. The lowest BCUT2D eigenvalue weighted by Crippen LogP contribution is -2.40. The molecule has 0 unspecified atom stereocenters. The minimum absolute atomic E-state index is 0.00726. The van der Waals surface area contributed by atoms with E-state index in [0.717, 1.165) is 31.6 Å². The summed E-state index contributed by atoms with van der Waals surface area (Å²) in [5, 5.41) is 5.92. The summed E-state index contributed by atoms with van der Waals surface area (Å²) in [6.07, 6.45) is 2.05. The maximum absolute atomic E-state index is 12.8. The average Bonchev–Trinajstić information content (AvgIpc) is 2.88. The van der Waals surface area contributed by atoms with Gasteiger partial charge in [0.1, 0.15) is 0 Å². The van der Waals surface area contributed by atoms with Gasteiger partial charge in [-0.1, -0.05) is 13.0 Å². The van der Waals surface area contributed by atoms with Crippen molar-refractivity contribution in [2.75, 3.05) is 56.6 Å². The largest absolute Gasteiger partial charge is 0.378 e. The first-order chi connectivity index (χ1) is 16.5. The van der Waals surface area contributed by atoms with Crippen LogP contribution >= 0.6 is 0 Å². The van der Waals surface area contributed by atoms with Crippen molar-refractivity contribution in [3.8, 4) is 0 Å². The summed E-state index contributed by atoms with van der Waals surface area (Å²) in [5.41, 5.74) is 2.54. The lowest BCUT2D eigenvalue weighted by Gasteiger charge is -2.30. The molecular weight excluding hydrogens is 432 g/mol. The van der Waals surface area contributed by atoms with Gasteiger partial charge in [0.05, 0.1) is 19.8 Å². The van der Waals surface area contributed by atoms with Crippen molar-refractivity contribution in [3.05, 3.63) is 59.7 Å². The topological polar surface area (TPSA) is 91.0 Å². The van der Waals surface area contributed by atoms with Crippen LogP contribution in [0.25, 0.3) is 0 Å². The highest BCUT2D eigenvalue weighted by Gasteiger charge is 2.22. The van der Waals surface area contributed by atoms with E-state index in [1.807, 2.05) is 4.90 Å². The first-order valence-corrected chi connectivity index (χ1v) is 11.9. The number of morpholine rings is 1. The lowest BCUT2D eigenvalue weighted by molar-refractivity contribution is -0.114. The SMILES string of the molecule is CC1CCN(C(=O)c2cccc(NC(=O)CNc3ccc(C(=O)N4CCOCC4)cc3)c2)CC1. The molecule has 0 radical (unpaired) electrons. The van der Waals surface area contributed by atoms with Crippen LogP contribution in [0.1, 0.15) is 40.5 Å². The predicted molar refractivity (Wildman–Crippen MR) is 131 cm³/mol. The summed E-state index contributed by atoms with van der Waals surface area (Å²) in [5.74, 6) is 0.433. The molecule has 2 aliphatic heterocycles. The van der Waals surface area contributed by atoms with Crippen LogP contribution in [0.15, 0.2) is 48.5 Å². The molecule has 2 saturated heterocycles. The Labute approximate surface area is 200 Å². The van der Waals surface area contributed by atoms with E-state index in [4.69, 9.17) is 4.74 Å². The molecule has 2 fully saturated rings. The Morgan fingerprint density at radius 1 is 0.853 bits per heavy atom. The van der Waals surface area contributed by atoms with Gasteiger partial charge >= 0.3 is 0 Å². The third-order valence-corrected chi connectivity index (χ3v) is 6.35. The number of benzene rings is 2. The van der Waals surface area contributed by atoms with Crippen LogP contribution in [0, 0.1) is 5.92 Å². The van der Waals surface area contributed by atoms with Crippen LogP contribution in [0.2, 0.25) is 0 Å². The fourth-order valence-corrected chi connectivity index (χ4v) is 4.19. The summed E-state index contributed by atoms with van der Waals surface area (Å²) >= 11 is 0. The number of rotatable bonds is 6. The van der Waals surface area contributed by atoms with Crippen LogP contribution in [-0.4, -0.2) is 73.5 Å². The van der Waals surface area contributed by atoms with Gasteiger partial charge in [-0.3, -0.25) is 14.4 Å². The van der Waals surface area contributed by atoms with E-state index < -0.39 is 0 Å². The molecule has 0 aliphatic carbocycles. The lowest BCUT2D eigenvalue weighted by atomic mass is 9.98. The number of piperidine rings is 1. The molecule has 2 aliphatic rings. The maximum Gasteiger partial charge on any atom is 0.254 e. The molecule has 8 heteroatoms. The number of ether oxygens (including phenoxy) is 1. The number of nitrogens with zero attached hydrogens (tertiary/aromatic N) is 2. The number of likely N-dealkylation sites (tertiary alicyclic amines) is 1. The molecule has 2 aromatic rings. The highest BCUT2D eigenvalue weighted by molar-refractivity contribution is 5.98. The van der Waals surface area contributed by atoms with E-state index in [1.165, 1.54) is 0 Å². The fraction of sp³-hybridized carbons (Fsp3) is 0.423. The molecular formula is C26H32N4O4. The van der Waals surface area contributed by atoms with Crippen molar-refractivity contribution >= 4 is 29.1 Å². The zero-order valence-corrected chi connectivity index (χ0v) is 19.6. The maximum atomic E-state index is 12.8. The van der Waals surface area contributed by atoms with Gasteiger partial charge in [0, 0.05) is 48.7 Å². The second-order valence-electron chi connectivity index (χ2n) is 8.94. The Morgan fingerprint density at radius 3 is 2.21 bits per heavy atom. The van der Waals surface area contributed by atoms with E-state index in [0.29, 0.717) is 49.0 Å². The van der Waals surface area contributed by atoms with E-state index in [1.54, 1.807) is 53.4 Å². The van der Waals surface area contributed by atoms with Gasteiger partial charge in [-0.05, 0) is 61.2 Å². The molecule has 34 heavy (non-hydrogen) atoms. The molecule has 8 nitrogen and oxygen atoms in total. The third kappa shape index (κ3) is 6.14. The van der Waals surface area contributed by atoms with Gasteiger partial charge in [0.15, 0.2) is 0 Å². The monoisotopic (exact) mass is 464 g/mol. The average molecular weight is 465 g/mol. The van der Waals surface area contributed by atoms with Crippen molar-refractivity contribution in [1.82, 2.24) is 9.80 Å². The number of hydrogen-bond acceptors (Lipinski definition) is 5. The van der Waals surface area contributed by atoms with E-state index >= 15 is 0 Å². The Bertz CT molecular complexity index is 1010. The number of hydrogen-bond donors (Lipinski definition) is 2. The summed E-state index contributed by atoms with van der Waals surface area (Å²) in [7, 11) is 0. The van der Waals surface area contributed by atoms with Gasteiger partial charge in [0.25, 0.3) is 11.8 Å². The van der Waals surface area contributed by atoms with Gasteiger partial charge < -0.3 is 25.2 Å². The van der Waals surface area contributed by atoms with Gasteiger partial charge in [-0.2, -0.15) is 0 Å². The minimum Gasteiger partial charge on any atom is -0.378 e. The van der Waals surface area contributed by atoms with Crippen LogP contribution in [0.5, 0.6) is 0 Å². The molecule has 0 bridgehead atoms. The first kappa shape index (κ1) is 23.8. The number of carbonyl (C=O) groups excluding carboxylic acids is 3. The molecule has 2 heterocycles. The molecule has 2 aromatic carbocycles. The second kappa shape index (κ2) is 11.2. The van der Waals surface area contributed by atoms with Crippen molar-refractivity contribution in [2.45, 2.75) is 19.8 Å². The number of anilines is 2. The van der Waals surface area contributed by atoms with Crippen molar-refractivity contribution in [1.29, 1.82) is 0 Å². The quantitative estimate of drug-likeness (QED) is 0.686. The summed E-state index contributed by atoms with van der Waals surface area (Å²) in [6, 6.07) is 14.2. The van der Waals surface area contributed by atoms with Crippen LogP contribution in [0.3, 0.4) is 0 Å². The minimum atomic E-state index is -0.218.